The van der Waals surface area contributed by atoms with E-state index in [1.54, 1.807) is 12.1 Å². The standard InChI is InChI=1S/C15H23BrN2O2S/c1-13-6-9-18(10-7-13)11-8-17-21(19,20)15-4-2-14(12-16)3-5-15/h2-5,13,17H,6-12H2,1H3. The molecule has 1 aromatic carbocycles. The number of benzene rings is 1. The van der Waals surface area contributed by atoms with Crippen molar-refractivity contribution >= 4 is 26.0 Å². The monoisotopic (exact) mass is 374 g/mol. The zero-order chi connectivity index (χ0) is 15.3. The molecule has 0 radical (unpaired) electrons. The topological polar surface area (TPSA) is 49.4 Å². The molecule has 6 heteroatoms. The fourth-order valence-corrected chi connectivity index (χ4v) is 3.86. The van der Waals surface area contributed by atoms with Crippen LogP contribution in [0.15, 0.2) is 29.2 Å². The molecule has 1 aliphatic rings. The Balaban J connectivity index is 1.83. The molecule has 1 aromatic rings. The molecule has 1 heterocycles. The predicted octanol–water partition coefficient (Wildman–Crippen LogP) is 2.59. The van der Waals surface area contributed by atoms with Gasteiger partial charge < -0.3 is 4.90 Å². The van der Waals surface area contributed by atoms with Crippen molar-refractivity contribution in [1.29, 1.82) is 0 Å². The van der Waals surface area contributed by atoms with Crippen molar-refractivity contribution in [3.8, 4) is 0 Å². The maximum absolute atomic E-state index is 12.2. The summed E-state index contributed by atoms with van der Waals surface area (Å²) in [6.45, 7) is 5.67. The molecular formula is C15H23BrN2O2S. The van der Waals surface area contributed by atoms with Crippen molar-refractivity contribution in [2.75, 3.05) is 26.2 Å². The van der Waals surface area contributed by atoms with Crippen LogP contribution in [-0.2, 0) is 15.4 Å². The van der Waals surface area contributed by atoms with Crippen molar-refractivity contribution in [1.82, 2.24) is 9.62 Å². The minimum Gasteiger partial charge on any atom is -0.302 e. The second-order valence-corrected chi connectivity index (χ2v) is 8.03. The Labute approximate surface area is 136 Å². The van der Waals surface area contributed by atoms with Gasteiger partial charge in [0.1, 0.15) is 0 Å². The van der Waals surface area contributed by atoms with Crippen molar-refractivity contribution in [2.45, 2.75) is 30.0 Å². The van der Waals surface area contributed by atoms with Gasteiger partial charge in [-0.1, -0.05) is 35.0 Å². The molecule has 0 saturated carbocycles. The van der Waals surface area contributed by atoms with E-state index < -0.39 is 10.0 Å². The van der Waals surface area contributed by atoms with E-state index in [-0.39, 0.29) is 0 Å². The Kier molecular flexibility index (Phi) is 6.22. The van der Waals surface area contributed by atoms with Gasteiger partial charge in [-0.25, -0.2) is 13.1 Å². The summed E-state index contributed by atoms with van der Waals surface area (Å²) in [6, 6.07) is 6.97. The van der Waals surface area contributed by atoms with Crippen LogP contribution in [0.2, 0.25) is 0 Å². The number of rotatable bonds is 6. The first kappa shape index (κ1) is 16.9. The smallest absolute Gasteiger partial charge is 0.240 e. The second-order valence-electron chi connectivity index (χ2n) is 5.70. The quantitative estimate of drug-likeness (QED) is 0.778. The molecule has 0 aromatic heterocycles. The highest BCUT2D eigenvalue weighted by Gasteiger charge is 2.17. The van der Waals surface area contributed by atoms with E-state index in [4.69, 9.17) is 0 Å². The molecule has 118 valence electrons. The Morgan fingerprint density at radius 1 is 1.24 bits per heavy atom. The van der Waals surface area contributed by atoms with Crippen molar-refractivity contribution in [3.05, 3.63) is 29.8 Å². The van der Waals surface area contributed by atoms with Gasteiger partial charge in [-0.2, -0.15) is 0 Å². The molecule has 0 amide bonds. The number of hydrogen-bond donors (Lipinski definition) is 1. The largest absolute Gasteiger partial charge is 0.302 e. The summed E-state index contributed by atoms with van der Waals surface area (Å²) in [5.74, 6) is 0.797. The van der Waals surface area contributed by atoms with E-state index in [1.807, 2.05) is 12.1 Å². The highest BCUT2D eigenvalue weighted by molar-refractivity contribution is 9.08. The SMILES string of the molecule is CC1CCN(CCNS(=O)(=O)c2ccc(CBr)cc2)CC1. The van der Waals surface area contributed by atoms with E-state index in [1.165, 1.54) is 12.8 Å². The van der Waals surface area contributed by atoms with Crippen LogP contribution in [0, 0.1) is 5.92 Å². The molecule has 4 nitrogen and oxygen atoms in total. The Bertz CT molecular complexity index is 537. The number of alkyl halides is 1. The number of nitrogens with one attached hydrogen (secondary N) is 1. The number of piperidine rings is 1. The van der Waals surface area contributed by atoms with Crippen molar-refractivity contribution < 1.29 is 8.42 Å². The van der Waals surface area contributed by atoms with Gasteiger partial charge in [0, 0.05) is 18.4 Å². The molecule has 2 rings (SSSR count). The molecule has 1 fully saturated rings. The van der Waals surface area contributed by atoms with Gasteiger partial charge in [0.2, 0.25) is 10.0 Å². The number of halogens is 1. The fourth-order valence-electron chi connectivity index (χ4n) is 2.46. The zero-order valence-corrected chi connectivity index (χ0v) is 14.8. The van der Waals surface area contributed by atoms with E-state index in [2.05, 4.69) is 32.5 Å². The van der Waals surface area contributed by atoms with Crippen LogP contribution in [0.1, 0.15) is 25.3 Å². The van der Waals surface area contributed by atoms with Gasteiger partial charge >= 0.3 is 0 Å². The minimum atomic E-state index is -3.39. The molecule has 1 saturated heterocycles. The molecule has 21 heavy (non-hydrogen) atoms. The average Bonchev–Trinajstić information content (AvgIpc) is 2.49. The van der Waals surface area contributed by atoms with Gasteiger partial charge in [0.25, 0.3) is 0 Å². The first-order valence-electron chi connectivity index (χ1n) is 7.38. The maximum atomic E-state index is 12.2. The summed E-state index contributed by atoms with van der Waals surface area (Å²) in [5.41, 5.74) is 1.07. The molecule has 1 aliphatic heterocycles. The molecule has 1 N–H and O–H groups in total. The molecular weight excluding hydrogens is 352 g/mol. The first-order valence-corrected chi connectivity index (χ1v) is 9.98. The lowest BCUT2D eigenvalue weighted by molar-refractivity contribution is 0.195. The lowest BCUT2D eigenvalue weighted by Crippen LogP contribution is -2.39. The third kappa shape index (κ3) is 5.06. The average molecular weight is 375 g/mol. The number of nitrogens with zero attached hydrogens (tertiary/aromatic N) is 1. The van der Waals surface area contributed by atoms with Gasteiger partial charge in [0.05, 0.1) is 4.90 Å². The summed E-state index contributed by atoms with van der Waals surface area (Å²) in [6.07, 6.45) is 2.42. The number of hydrogen-bond acceptors (Lipinski definition) is 3. The van der Waals surface area contributed by atoms with Crippen LogP contribution in [-0.4, -0.2) is 39.5 Å². The Morgan fingerprint density at radius 3 is 2.43 bits per heavy atom. The summed E-state index contributed by atoms with van der Waals surface area (Å²) < 4.78 is 27.1. The Hall–Kier alpha value is -0.430. The highest BCUT2D eigenvalue weighted by Crippen LogP contribution is 2.15. The molecule has 0 atom stereocenters. The van der Waals surface area contributed by atoms with E-state index in [0.29, 0.717) is 11.4 Å². The highest BCUT2D eigenvalue weighted by atomic mass is 79.9. The fraction of sp³-hybridized carbons (Fsp3) is 0.600. The molecule has 0 spiro atoms. The van der Waals surface area contributed by atoms with Crippen LogP contribution in [0.4, 0.5) is 0 Å². The number of likely N-dealkylation sites (tertiary alicyclic amines) is 1. The van der Waals surface area contributed by atoms with Gasteiger partial charge in [0.15, 0.2) is 0 Å². The minimum absolute atomic E-state index is 0.333. The zero-order valence-electron chi connectivity index (χ0n) is 12.4. The van der Waals surface area contributed by atoms with Gasteiger partial charge in [-0.3, -0.25) is 0 Å². The summed E-state index contributed by atoms with van der Waals surface area (Å²) >= 11 is 3.35. The first-order chi connectivity index (χ1) is 10.0. The Morgan fingerprint density at radius 2 is 1.86 bits per heavy atom. The third-order valence-electron chi connectivity index (χ3n) is 3.98. The summed E-state index contributed by atoms with van der Waals surface area (Å²) in [4.78, 5) is 2.66. The van der Waals surface area contributed by atoms with E-state index in [9.17, 15) is 8.42 Å². The van der Waals surface area contributed by atoms with Crippen LogP contribution in [0.5, 0.6) is 0 Å². The van der Waals surface area contributed by atoms with Crippen molar-refractivity contribution in [2.24, 2.45) is 5.92 Å². The summed E-state index contributed by atoms with van der Waals surface area (Å²) in [7, 11) is -3.39. The maximum Gasteiger partial charge on any atom is 0.240 e. The van der Waals surface area contributed by atoms with Crippen LogP contribution >= 0.6 is 15.9 Å². The molecule has 0 unspecified atom stereocenters. The molecule has 0 aliphatic carbocycles. The van der Waals surface area contributed by atoms with E-state index >= 15 is 0 Å². The van der Waals surface area contributed by atoms with Crippen LogP contribution in [0.3, 0.4) is 0 Å². The van der Waals surface area contributed by atoms with Crippen molar-refractivity contribution in [3.63, 3.8) is 0 Å². The lowest BCUT2D eigenvalue weighted by Gasteiger charge is -2.30. The lowest BCUT2D eigenvalue weighted by atomic mass is 9.99. The van der Waals surface area contributed by atoms with Crippen LogP contribution in [0.25, 0.3) is 0 Å². The van der Waals surface area contributed by atoms with Crippen LogP contribution < -0.4 is 4.72 Å². The van der Waals surface area contributed by atoms with E-state index in [0.717, 1.165) is 36.4 Å². The number of sulfonamides is 1. The second kappa shape index (κ2) is 7.72. The normalized spacial score (nSPS) is 18.0. The summed E-state index contributed by atoms with van der Waals surface area (Å²) in [5, 5.41) is 0.730. The van der Waals surface area contributed by atoms with Gasteiger partial charge in [-0.15, -0.1) is 0 Å². The third-order valence-corrected chi connectivity index (χ3v) is 6.11. The van der Waals surface area contributed by atoms with Gasteiger partial charge in [-0.05, 0) is 49.5 Å². The molecule has 0 bridgehead atoms. The predicted molar refractivity (Wildman–Crippen MR) is 89.1 cm³/mol.